The van der Waals surface area contributed by atoms with E-state index >= 15 is 0 Å². The summed E-state index contributed by atoms with van der Waals surface area (Å²) in [6, 6.07) is 9.07. The minimum absolute atomic E-state index is 0.343. The first-order valence-electron chi connectivity index (χ1n) is 4.11. The van der Waals surface area contributed by atoms with Gasteiger partial charge in [-0.15, -0.1) is 0 Å². The molecule has 3 nitrogen and oxygen atoms in total. The molecular weight excluding hydrogens is 174 g/mol. The van der Waals surface area contributed by atoms with Gasteiger partial charge in [0.25, 0.3) is 0 Å². The van der Waals surface area contributed by atoms with Crippen molar-refractivity contribution in [2.24, 2.45) is 0 Å². The zero-order valence-electron chi connectivity index (χ0n) is 7.57. The summed E-state index contributed by atoms with van der Waals surface area (Å²) >= 11 is 0. The topological polar surface area (TPSA) is 73.6 Å². The van der Waals surface area contributed by atoms with Crippen LogP contribution in [0.5, 0.6) is 0 Å². The summed E-state index contributed by atoms with van der Waals surface area (Å²) in [5, 5.41) is 17.0. The van der Waals surface area contributed by atoms with Crippen molar-refractivity contribution >= 4 is 11.8 Å². The molecule has 68 valence electrons. The number of nitrogen functional groups attached to an aromatic ring is 1. The highest BCUT2D eigenvalue weighted by Gasteiger charge is 1.96. The molecule has 14 heavy (non-hydrogen) atoms. The minimum atomic E-state index is 0.343. The predicted molar refractivity (Wildman–Crippen MR) is 54.8 cm³/mol. The van der Waals surface area contributed by atoms with Crippen molar-refractivity contribution in [3.05, 3.63) is 35.4 Å². The summed E-state index contributed by atoms with van der Waals surface area (Å²) < 4.78 is 0. The maximum absolute atomic E-state index is 8.66. The second-order valence-corrected chi connectivity index (χ2v) is 2.72. The van der Waals surface area contributed by atoms with E-state index in [0.29, 0.717) is 17.7 Å². The first-order chi connectivity index (χ1) is 6.77. The lowest BCUT2D eigenvalue weighted by Gasteiger charge is -1.99. The Bertz CT molecular complexity index is 433. The average Bonchev–Trinajstić information content (AvgIpc) is 2.21. The molecule has 0 heterocycles. The van der Waals surface area contributed by atoms with Crippen LogP contribution in [0.15, 0.2) is 24.3 Å². The van der Waals surface area contributed by atoms with Crippen molar-refractivity contribution < 1.29 is 0 Å². The third-order valence-electron chi connectivity index (χ3n) is 1.72. The van der Waals surface area contributed by atoms with Crippen molar-refractivity contribution in [3.63, 3.8) is 0 Å². The number of nitriles is 2. The molecule has 0 fully saturated rings. The molecule has 0 atom stereocenters. The van der Waals surface area contributed by atoms with Crippen molar-refractivity contribution in [3.8, 4) is 12.1 Å². The number of benzene rings is 1. The molecule has 0 aromatic heterocycles. The van der Waals surface area contributed by atoms with Gasteiger partial charge in [-0.2, -0.15) is 10.5 Å². The minimum Gasteiger partial charge on any atom is -0.398 e. The first-order valence-corrected chi connectivity index (χ1v) is 4.11. The Hall–Kier alpha value is -2.26. The number of hydrogen-bond acceptors (Lipinski definition) is 3. The fraction of sp³-hybridized carbons (Fsp3) is 0.0909. The lowest BCUT2D eigenvalue weighted by molar-refractivity contribution is 1.36. The maximum atomic E-state index is 8.66. The monoisotopic (exact) mass is 183 g/mol. The highest BCUT2D eigenvalue weighted by molar-refractivity contribution is 5.66. The van der Waals surface area contributed by atoms with Crippen LogP contribution in [0.2, 0.25) is 0 Å². The molecule has 1 aromatic rings. The number of anilines is 1. The highest BCUT2D eigenvalue weighted by Crippen LogP contribution is 2.15. The molecule has 2 N–H and O–H groups in total. The molecule has 0 aliphatic heterocycles. The van der Waals surface area contributed by atoms with E-state index in [4.69, 9.17) is 16.3 Å². The summed E-state index contributed by atoms with van der Waals surface area (Å²) in [7, 11) is 0. The van der Waals surface area contributed by atoms with Crippen LogP contribution in [0, 0.1) is 22.7 Å². The number of rotatable bonds is 2. The number of hydrogen-bond donors (Lipinski definition) is 1. The van der Waals surface area contributed by atoms with Gasteiger partial charge in [-0.3, -0.25) is 0 Å². The van der Waals surface area contributed by atoms with Gasteiger partial charge < -0.3 is 5.73 Å². The zero-order chi connectivity index (χ0) is 10.4. The van der Waals surface area contributed by atoms with Gasteiger partial charge in [-0.25, -0.2) is 0 Å². The normalized spacial score (nSPS) is 9.57. The van der Waals surface area contributed by atoms with E-state index in [0.717, 1.165) is 5.56 Å². The highest BCUT2D eigenvalue weighted by atomic mass is 14.6. The van der Waals surface area contributed by atoms with Crippen LogP contribution in [0.4, 0.5) is 5.69 Å². The predicted octanol–water partition coefficient (Wildman–Crippen LogP) is 2.07. The van der Waals surface area contributed by atoms with Crippen LogP contribution in [0.25, 0.3) is 6.08 Å². The van der Waals surface area contributed by atoms with Gasteiger partial charge in [-0.1, -0.05) is 12.2 Å². The Morgan fingerprint density at radius 3 is 2.79 bits per heavy atom. The molecule has 0 amide bonds. The Labute approximate surface area is 82.7 Å². The van der Waals surface area contributed by atoms with Crippen LogP contribution < -0.4 is 5.73 Å². The van der Waals surface area contributed by atoms with Gasteiger partial charge in [0.1, 0.15) is 0 Å². The zero-order valence-corrected chi connectivity index (χ0v) is 7.57. The largest absolute Gasteiger partial charge is 0.398 e. The molecule has 0 aliphatic rings. The SMILES string of the molecule is N#CCC=Cc1cc(C#N)ccc1N. The molecule has 0 aliphatic carbocycles. The standard InChI is InChI=1S/C11H9N3/c12-6-2-1-3-10-7-9(8-13)4-5-11(10)14/h1,3-5,7H,2,14H2. The first kappa shape index (κ1) is 9.83. The van der Waals surface area contributed by atoms with E-state index < -0.39 is 0 Å². The molecule has 1 aromatic carbocycles. The van der Waals surface area contributed by atoms with Crippen LogP contribution in [0.3, 0.4) is 0 Å². The summed E-state index contributed by atoms with van der Waals surface area (Å²) in [6.45, 7) is 0. The summed E-state index contributed by atoms with van der Waals surface area (Å²) in [4.78, 5) is 0. The van der Waals surface area contributed by atoms with Crippen molar-refractivity contribution in [2.45, 2.75) is 6.42 Å². The smallest absolute Gasteiger partial charge is 0.0991 e. The average molecular weight is 183 g/mol. The van der Waals surface area contributed by atoms with E-state index in [1.165, 1.54) is 0 Å². The summed E-state index contributed by atoms with van der Waals surface area (Å²) in [6.07, 6.45) is 3.81. The number of allylic oxidation sites excluding steroid dienone is 1. The molecule has 0 unspecified atom stereocenters. The summed E-state index contributed by atoms with van der Waals surface area (Å²) in [5.74, 6) is 0. The van der Waals surface area contributed by atoms with Crippen molar-refractivity contribution in [1.29, 1.82) is 10.5 Å². The third-order valence-corrected chi connectivity index (χ3v) is 1.72. The Balaban J connectivity index is 2.97. The number of nitrogens with zero attached hydrogens (tertiary/aromatic N) is 2. The van der Waals surface area contributed by atoms with Gasteiger partial charge >= 0.3 is 0 Å². The molecule has 0 saturated heterocycles. The van der Waals surface area contributed by atoms with Gasteiger partial charge in [0.2, 0.25) is 0 Å². The van der Waals surface area contributed by atoms with Gasteiger partial charge in [0.05, 0.1) is 24.1 Å². The quantitative estimate of drug-likeness (QED) is 0.713. The molecule has 3 heteroatoms. The molecule has 0 spiro atoms. The van der Waals surface area contributed by atoms with Gasteiger partial charge in [-0.05, 0) is 23.8 Å². The lowest BCUT2D eigenvalue weighted by atomic mass is 10.1. The number of nitrogens with two attached hydrogens (primary N) is 1. The Morgan fingerprint density at radius 2 is 2.14 bits per heavy atom. The molecule has 1 rings (SSSR count). The van der Waals surface area contributed by atoms with E-state index in [1.807, 2.05) is 12.1 Å². The van der Waals surface area contributed by atoms with E-state index in [2.05, 4.69) is 0 Å². The molecular formula is C11H9N3. The van der Waals surface area contributed by atoms with Gasteiger partial charge in [0, 0.05) is 5.69 Å². The third kappa shape index (κ3) is 2.36. The van der Waals surface area contributed by atoms with E-state index in [1.54, 1.807) is 30.4 Å². The Morgan fingerprint density at radius 1 is 1.36 bits per heavy atom. The molecule has 0 radical (unpaired) electrons. The van der Waals surface area contributed by atoms with Crippen molar-refractivity contribution in [1.82, 2.24) is 0 Å². The fourth-order valence-corrected chi connectivity index (χ4v) is 1.03. The Kier molecular flexibility index (Phi) is 3.29. The van der Waals surface area contributed by atoms with E-state index in [9.17, 15) is 0 Å². The fourth-order valence-electron chi connectivity index (χ4n) is 1.03. The van der Waals surface area contributed by atoms with Gasteiger partial charge in [0.15, 0.2) is 0 Å². The van der Waals surface area contributed by atoms with Crippen LogP contribution in [-0.2, 0) is 0 Å². The van der Waals surface area contributed by atoms with Crippen LogP contribution in [0.1, 0.15) is 17.5 Å². The lowest BCUT2D eigenvalue weighted by Crippen LogP contribution is -1.89. The van der Waals surface area contributed by atoms with Crippen LogP contribution in [-0.4, -0.2) is 0 Å². The summed E-state index contributed by atoms with van der Waals surface area (Å²) in [5.41, 5.74) is 7.63. The van der Waals surface area contributed by atoms with E-state index in [-0.39, 0.29) is 0 Å². The maximum Gasteiger partial charge on any atom is 0.0991 e. The van der Waals surface area contributed by atoms with Crippen LogP contribution >= 0.6 is 0 Å². The van der Waals surface area contributed by atoms with Crippen molar-refractivity contribution in [2.75, 3.05) is 5.73 Å². The second kappa shape index (κ2) is 4.69. The second-order valence-electron chi connectivity index (χ2n) is 2.72. The molecule has 0 bridgehead atoms. The molecule has 0 saturated carbocycles.